The summed E-state index contributed by atoms with van der Waals surface area (Å²) in [5.41, 5.74) is 8.71. The second-order valence-electron chi connectivity index (χ2n) is 8.00. The minimum absolute atomic E-state index is 0.0961. The maximum atomic E-state index is 12.9. The fraction of sp³-hybridized carbons (Fsp3) is 0.208. The van der Waals surface area contributed by atoms with Crippen molar-refractivity contribution in [2.24, 2.45) is 5.73 Å². The lowest BCUT2D eigenvalue weighted by molar-refractivity contribution is 0.0940. The molecule has 0 saturated carbocycles. The number of halogens is 2. The van der Waals surface area contributed by atoms with E-state index >= 15 is 0 Å². The molecule has 1 unspecified atom stereocenters. The van der Waals surface area contributed by atoms with E-state index in [0.29, 0.717) is 41.5 Å². The van der Waals surface area contributed by atoms with Crippen molar-refractivity contribution in [3.8, 4) is 16.9 Å². The van der Waals surface area contributed by atoms with Crippen molar-refractivity contribution in [1.82, 2.24) is 10.3 Å². The van der Waals surface area contributed by atoms with Gasteiger partial charge in [0.1, 0.15) is 5.84 Å². The zero-order chi connectivity index (χ0) is 24.4. The van der Waals surface area contributed by atoms with Gasteiger partial charge in [0.2, 0.25) is 0 Å². The van der Waals surface area contributed by atoms with Crippen molar-refractivity contribution >= 4 is 40.6 Å². The van der Waals surface area contributed by atoms with Crippen LogP contribution in [0.2, 0.25) is 10.0 Å². The summed E-state index contributed by atoms with van der Waals surface area (Å²) >= 11 is 12.5. The van der Waals surface area contributed by atoms with Crippen LogP contribution in [-0.4, -0.2) is 46.1 Å². The lowest BCUT2D eigenvalue weighted by atomic mass is 10.0. The number of aliphatic hydroxyl groups is 1. The third-order valence-corrected chi connectivity index (χ3v) is 6.39. The van der Waals surface area contributed by atoms with Gasteiger partial charge >= 0.3 is 0 Å². The highest BCUT2D eigenvalue weighted by Crippen LogP contribution is 2.37. The molecule has 0 aliphatic carbocycles. The van der Waals surface area contributed by atoms with Gasteiger partial charge in [-0.3, -0.25) is 15.2 Å². The Hall–Kier alpha value is -3.33. The number of aromatic nitrogens is 1. The van der Waals surface area contributed by atoms with E-state index in [4.69, 9.17) is 34.3 Å². The first-order chi connectivity index (χ1) is 16.3. The first-order valence-corrected chi connectivity index (χ1v) is 11.3. The van der Waals surface area contributed by atoms with E-state index in [-0.39, 0.29) is 40.7 Å². The summed E-state index contributed by atoms with van der Waals surface area (Å²) in [6.45, 7) is 0.901. The molecule has 1 fully saturated rings. The number of anilines is 1. The van der Waals surface area contributed by atoms with Gasteiger partial charge in [0.25, 0.3) is 5.91 Å². The Kier molecular flexibility index (Phi) is 6.92. The smallest absolute Gasteiger partial charge is 0.253 e. The summed E-state index contributed by atoms with van der Waals surface area (Å²) < 4.78 is 0. The molecule has 0 spiro atoms. The van der Waals surface area contributed by atoms with E-state index in [2.05, 4.69) is 10.3 Å². The van der Waals surface area contributed by atoms with Gasteiger partial charge in [0, 0.05) is 25.3 Å². The number of hydrogen-bond donors (Lipinski definition) is 5. The second-order valence-corrected chi connectivity index (χ2v) is 8.81. The first kappa shape index (κ1) is 23.8. The number of carbonyl (C=O) groups is 1. The molecule has 4 rings (SSSR count). The number of nitrogens with two attached hydrogens (primary N) is 1. The van der Waals surface area contributed by atoms with Crippen LogP contribution in [0.1, 0.15) is 28.0 Å². The van der Waals surface area contributed by atoms with E-state index in [0.717, 1.165) is 11.1 Å². The number of benzene rings is 2. The molecule has 0 radical (unpaired) electrons. The highest BCUT2D eigenvalue weighted by molar-refractivity contribution is 6.35. The maximum Gasteiger partial charge on any atom is 0.253 e. The van der Waals surface area contributed by atoms with Crippen LogP contribution in [0.15, 0.2) is 48.7 Å². The van der Waals surface area contributed by atoms with E-state index in [1.807, 2.05) is 4.90 Å². The van der Waals surface area contributed by atoms with Gasteiger partial charge in [-0.05, 0) is 53.9 Å². The minimum Gasteiger partial charge on any atom is -0.505 e. The number of nitrogen functional groups attached to an aromatic ring is 1. The van der Waals surface area contributed by atoms with Crippen molar-refractivity contribution < 1.29 is 15.0 Å². The number of amides is 1. The molecular weight excluding hydrogens is 477 g/mol. The number of carbonyl (C=O) groups excluding carboxylic acids is 1. The number of phenolic OH excluding ortho intramolecular Hbond substituents is 1. The first-order valence-electron chi connectivity index (χ1n) is 10.6. The molecule has 8 nitrogen and oxygen atoms in total. The predicted molar refractivity (Wildman–Crippen MR) is 133 cm³/mol. The third kappa shape index (κ3) is 4.79. The van der Waals surface area contributed by atoms with Crippen molar-refractivity contribution in [3.63, 3.8) is 0 Å². The fourth-order valence-corrected chi connectivity index (χ4v) is 4.57. The number of amidine groups is 1. The van der Waals surface area contributed by atoms with Gasteiger partial charge < -0.3 is 26.2 Å². The predicted octanol–water partition coefficient (Wildman–Crippen LogP) is 3.55. The van der Waals surface area contributed by atoms with Gasteiger partial charge in [-0.1, -0.05) is 29.3 Å². The number of nitrogens with one attached hydrogen (secondary N) is 2. The largest absolute Gasteiger partial charge is 0.505 e. The van der Waals surface area contributed by atoms with Gasteiger partial charge in [-0.25, -0.2) is 0 Å². The highest BCUT2D eigenvalue weighted by Gasteiger charge is 2.28. The number of pyridine rings is 1. The van der Waals surface area contributed by atoms with Gasteiger partial charge in [-0.15, -0.1) is 0 Å². The van der Waals surface area contributed by atoms with Gasteiger partial charge in [-0.2, -0.15) is 0 Å². The monoisotopic (exact) mass is 499 g/mol. The zero-order valence-electron chi connectivity index (χ0n) is 18.1. The average molecular weight is 500 g/mol. The lowest BCUT2D eigenvalue weighted by Gasteiger charge is -2.22. The Balaban J connectivity index is 1.46. The van der Waals surface area contributed by atoms with E-state index < -0.39 is 0 Å². The molecule has 1 saturated heterocycles. The van der Waals surface area contributed by atoms with Gasteiger partial charge in [0.15, 0.2) is 5.75 Å². The van der Waals surface area contributed by atoms with E-state index in [9.17, 15) is 15.0 Å². The Morgan fingerprint density at radius 1 is 1.18 bits per heavy atom. The van der Waals surface area contributed by atoms with Crippen LogP contribution in [-0.2, 0) is 6.61 Å². The Labute approximate surface area is 206 Å². The highest BCUT2D eigenvalue weighted by atomic mass is 35.5. The SMILES string of the molecule is N=C(N)c1c(Cl)ccc(N2CCC(NC(=O)c3ccc(-c4ccnc(CO)c4)cc3Cl)C2)c1O. The molecule has 10 heteroatoms. The molecule has 1 aliphatic rings. The lowest BCUT2D eigenvalue weighted by Crippen LogP contribution is -2.37. The summed E-state index contributed by atoms with van der Waals surface area (Å²) in [6, 6.07) is 11.9. The molecule has 3 aromatic rings. The van der Waals surface area contributed by atoms with E-state index in [1.165, 1.54) is 0 Å². The summed E-state index contributed by atoms with van der Waals surface area (Å²) in [6.07, 6.45) is 2.28. The molecule has 2 heterocycles. The summed E-state index contributed by atoms with van der Waals surface area (Å²) in [5.74, 6) is -0.754. The van der Waals surface area contributed by atoms with Crippen LogP contribution in [0, 0.1) is 5.41 Å². The van der Waals surface area contributed by atoms with Gasteiger partial charge in [0.05, 0.1) is 39.2 Å². The summed E-state index contributed by atoms with van der Waals surface area (Å²) in [5, 5.41) is 31.0. The van der Waals surface area contributed by atoms with Crippen molar-refractivity contribution in [2.45, 2.75) is 19.1 Å². The Morgan fingerprint density at radius 3 is 2.65 bits per heavy atom. The summed E-state index contributed by atoms with van der Waals surface area (Å²) in [4.78, 5) is 18.9. The molecule has 34 heavy (non-hydrogen) atoms. The molecule has 1 aliphatic heterocycles. The number of nitrogens with zero attached hydrogens (tertiary/aromatic N) is 2. The molecule has 1 amide bonds. The van der Waals surface area contributed by atoms with Crippen LogP contribution in [0.25, 0.3) is 11.1 Å². The summed E-state index contributed by atoms with van der Waals surface area (Å²) in [7, 11) is 0. The minimum atomic E-state index is -0.314. The molecular formula is C24H23Cl2N5O3. The number of rotatable bonds is 6. The Bertz CT molecular complexity index is 1270. The fourth-order valence-electron chi connectivity index (χ4n) is 4.05. The van der Waals surface area contributed by atoms with Crippen LogP contribution in [0.3, 0.4) is 0 Å². The third-order valence-electron chi connectivity index (χ3n) is 5.76. The number of hydrogen-bond acceptors (Lipinski definition) is 6. The quantitative estimate of drug-likeness (QED) is 0.260. The van der Waals surface area contributed by atoms with Crippen molar-refractivity contribution in [1.29, 1.82) is 5.41 Å². The number of aliphatic hydroxyl groups excluding tert-OH is 1. The van der Waals surface area contributed by atoms with Crippen molar-refractivity contribution in [3.05, 3.63) is 75.5 Å². The second kappa shape index (κ2) is 9.89. The molecule has 6 N–H and O–H groups in total. The zero-order valence-corrected chi connectivity index (χ0v) is 19.6. The molecule has 1 aromatic heterocycles. The standard InChI is InChI=1S/C24H23Cl2N5O3/c25-18-3-4-20(22(33)21(18)23(27)28)31-8-6-15(11-31)30-24(34)17-2-1-13(10-19(17)26)14-5-7-29-16(9-14)12-32/h1-5,7,9-10,15,32-33H,6,8,11-12H2,(H3,27,28)(H,30,34). The molecule has 1 atom stereocenters. The van der Waals surface area contributed by atoms with Crippen LogP contribution < -0.4 is 16.0 Å². The van der Waals surface area contributed by atoms with E-state index in [1.54, 1.807) is 48.7 Å². The topological polar surface area (TPSA) is 136 Å². The maximum absolute atomic E-state index is 12.9. The number of phenols is 1. The van der Waals surface area contributed by atoms with Crippen LogP contribution in [0.5, 0.6) is 5.75 Å². The Morgan fingerprint density at radius 2 is 1.94 bits per heavy atom. The average Bonchev–Trinajstić information content (AvgIpc) is 3.26. The van der Waals surface area contributed by atoms with Crippen LogP contribution >= 0.6 is 23.2 Å². The molecule has 0 bridgehead atoms. The van der Waals surface area contributed by atoms with Crippen LogP contribution in [0.4, 0.5) is 5.69 Å². The molecule has 176 valence electrons. The van der Waals surface area contributed by atoms with Crippen molar-refractivity contribution in [2.75, 3.05) is 18.0 Å². The normalized spacial score (nSPS) is 15.4. The number of aromatic hydroxyl groups is 1. The molecule has 2 aromatic carbocycles.